The van der Waals surface area contributed by atoms with Gasteiger partial charge in [-0.3, -0.25) is 9.59 Å². The molecule has 0 aromatic rings. The summed E-state index contributed by atoms with van der Waals surface area (Å²) in [4.78, 5) is 22.4. The van der Waals surface area contributed by atoms with Crippen molar-refractivity contribution in [2.24, 2.45) is 5.92 Å². The van der Waals surface area contributed by atoms with Crippen LogP contribution in [-0.4, -0.2) is 31.4 Å². The Bertz CT molecular complexity index is 202. The molecule has 0 aromatic carbocycles. The minimum Gasteiger partial charge on any atom is -0.381 e. The Morgan fingerprint density at radius 3 is 2.47 bits per heavy atom. The first kappa shape index (κ1) is 14.1. The van der Waals surface area contributed by atoms with Gasteiger partial charge in [-0.05, 0) is 6.42 Å². The summed E-state index contributed by atoms with van der Waals surface area (Å²) in [6.07, 6.45) is 1.28. The topological polar surface area (TPSA) is 55.4 Å². The van der Waals surface area contributed by atoms with Crippen LogP contribution in [-0.2, 0) is 14.3 Å². The molecule has 1 N–H and O–H groups in total. The van der Waals surface area contributed by atoms with E-state index in [9.17, 15) is 9.59 Å². The van der Waals surface area contributed by atoms with Crippen molar-refractivity contribution in [1.82, 2.24) is 5.32 Å². The summed E-state index contributed by atoms with van der Waals surface area (Å²) in [6, 6.07) is 0. The van der Waals surface area contributed by atoms with E-state index in [-0.39, 0.29) is 24.2 Å². The van der Waals surface area contributed by atoms with E-state index in [0.717, 1.165) is 6.42 Å². The molecule has 0 bridgehead atoms. The summed E-state index contributed by atoms with van der Waals surface area (Å²) in [5.41, 5.74) is 0. The van der Waals surface area contributed by atoms with E-state index in [0.29, 0.717) is 19.6 Å². The van der Waals surface area contributed by atoms with Crippen molar-refractivity contribution in [3.63, 3.8) is 0 Å². The van der Waals surface area contributed by atoms with Crippen molar-refractivity contribution in [2.45, 2.75) is 33.6 Å². The zero-order valence-electron chi connectivity index (χ0n) is 9.84. The van der Waals surface area contributed by atoms with Crippen LogP contribution >= 0.6 is 0 Å². The molecular formula is C11H21NO3. The normalized spacial score (nSPS) is 10.4. The largest absolute Gasteiger partial charge is 0.381 e. The Balaban J connectivity index is 3.45. The molecule has 88 valence electrons. The third kappa shape index (κ3) is 8.12. The van der Waals surface area contributed by atoms with Crippen molar-refractivity contribution in [1.29, 1.82) is 0 Å². The minimum atomic E-state index is -0.125. The number of nitrogens with one attached hydrogen (secondary N) is 1. The Hall–Kier alpha value is -0.900. The fraction of sp³-hybridized carbons (Fsp3) is 0.818. The van der Waals surface area contributed by atoms with Gasteiger partial charge in [0, 0.05) is 18.9 Å². The van der Waals surface area contributed by atoms with Crippen LogP contribution in [0.5, 0.6) is 0 Å². The number of ether oxygens (including phenoxy) is 1. The second-order valence-corrected chi connectivity index (χ2v) is 3.76. The van der Waals surface area contributed by atoms with E-state index in [1.54, 1.807) is 0 Å². The average molecular weight is 215 g/mol. The molecule has 4 heteroatoms. The standard InChI is InChI=1S/C11H21NO3/c1-4-6-15-7-5-11(14)12-8-10(13)9(2)3/h9H,4-8H2,1-3H3,(H,12,14). The number of amides is 1. The van der Waals surface area contributed by atoms with Crippen LogP contribution < -0.4 is 5.32 Å². The van der Waals surface area contributed by atoms with Gasteiger partial charge in [0.15, 0.2) is 5.78 Å². The van der Waals surface area contributed by atoms with E-state index in [2.05, 4.69) is 5.32 Å². The van der Waals surface area contributed by atoms with Crippen molar-refractivity contribution in [2.75, 3.05) is 19.8 Å². The number of carbonyl (C=O) groups excluding carboxylic acids is 2. The predicted octanol–water partition coefficient (Wildman–Crippen LogP) is 1.14. The van der Waals surface area contributed by atoms with Gasteiger partial charge in [0.2, 0.25) is 5.91 Å². The molecule has 0 aliphatic heterocycles. The van der Waals surface area contributed by atoms with E-state index < -0.39 is 0 Å². The van der Waals surface area contributed by atoms with E-state index >= 15 is 0 Å². The summed E-state index contributed by atoms with van der Waals surface area (Å²) < 4.78 is 5.16. The quantitative estimate of drug-likeness (QED) is 0.618. The van der Waals surface area contributed by atoms with Crippen LogP contribution in [0.25, 0.3) is 0 Å². The lowest BCUT2D eigenvalue weighted by molar-refractivity contribution is -0.127. The molecule has 0 saturated heterocycles. The van der Waals surface area contributed by atoms with Crippen molar-refractivity contribution < 1.29 is 14.3 Å². The molecule has 0 spiro atoms. The average Bonchev–Trinajstić information content (AvgIpc) is 2.20. The molecule has 4 nitrogen and oxygen atoms in total. The SMILES string of the molecule is CCCOCCC(=O)NCC(=O)C(C)C. The zero-order valence-corrected chi connectivity index (χ0v) is 9.84. The second-order valence-electron chi connectivity index (χ2n) is 3.76. The first-order chi connectivity index (χ1) is 7.07. The number of Topliss-reactive ketones (excluding diaryl/α,β-unsaturated/α-hetero) is 1. The maximum atomic E-state index is 11.2. The lowest BCUT2D eigenvalue weighted by Gasteiger charge is -2.06. The Labute approximate surface area is 91.4 Å². The van der Waals surface area contributed by atoms with Gasteiger partial charge in [-0.15, -0.1) is 0 Å². The van der Waals surface area contributed by atoms with Crippen LogP contribution in [0.1, 0.15) is 33.6 Å². The highest BCUT2D eigenvalue weighted by molar-refractivity contribution is 5.87. The Morgan fingerprint density at radius 1 is 1.27 bits per heavy atom. The third-order valence-electron chi connectivity index (χ3n) is 1.93. The number of rotatable bonds is 8. The molecule has 0 fully saturated rings. The molecule has 1 amide bonds. The first-order valence-corrected chi connectivity index (χ1v) is 5.45. The highest BCUT2D eigenvalue weighted by atomic mass is 16.5. The van der Waals surface area contributed by atoms with Gasteiger partial charge in [0.25, 0.3) is 0 Å². The number of hydrogen-bond donors (Lipinski definition) is 1. The monoisotopic (exact) mass is 215 g/mol. The Morgan fingerprint density at radius 2 is 1.93 bits per heavy atom. The number of carbonyl (C=O) groups is 2. The summed E-state index contributed by atoms with van der Waals surface area (Å²) in [6.45, 7) is 6.89. The lowest BCUT2D eigenvalue weighted by atomic mass is 10.1. The summed E-state index contributed by atoms with van der Waals surface area (Å²) in [5.74, 6) is -0.0976. The molecule has 0 aliphatic rings. The van der Waals surface area contributed by atoms with Gasteiger partial charge in [0.1, 0.15) is 0 Å². The minimum absolute atomic E-state index is 0.0263. The van der Waals surface area contributed by atoms with E-state index in [1.807, 2.05) is 20.8 Å². The van der Waals surface area contributed by atoms with Gasteiger partial charge < -0.3 is 10.1 Å². The number of hydrogen-bond acceptors (Lipinski definition) is 3. The van der Waals surface area contributed by atoms with Crippen molar-refractivity contribution in [3.8, 4) is 0 Å². The van der Waals surface area contributed by atoms with Crippen LogP contribution in [0.3, 0.4) is 0 Å². The summed E-state index contributed by atoms with van der Waals surface area (Å²) >= 11 is 0. The molecule has 0 atom stereocenters. The molecule has 0 heterocycles. The molecular weight excluding hydrogens is 194 g/mol. The van der Waals surface area contributed by atoms with Gasteiger partial charge >= 0.3 is 0 Å². The maximum Gasteiger partial charge on any atom is 0.222 e. The molecule has 0 aliphatic carbocycles. The van der Waals surface area contributed by atoms with E-state index in [1.165, 1.54) is 0 Å². The fourth-order valence-corrected chi connectivity index (χ4v) is 0.889. The number of ketones is 1. The zero-order chi connectivity index (χ0) is 11.7. The first-order valence-electron chi connectivity index (χ1n) is 5.45. The van der Waals surface area contributed by atoms with Gasteiger partial charge in [0.05, 0.1) is 13.2 Å². The maximum absolute atomic E-state index is 11.2. The third-order valence-corrected chi connectivity index (χ3v) is 1.93. The smallest absolute Gasteiger partial charge is 0.222 e. The molecule has 15 heavy (non-hydrogen) atoms. The molecule has 0 unspecified atom stereocenters. The molecule has 0 saturated carbocycles. The predicted molar refractivity (Wildman–Crippen MR) is 58.6 cm³/mol. The molecule has 0 rings (SSSR count). The van der Waals surface area contributed by atoms with Crippen molar-refractivity contribution in [3.05, 3.63) is 0 Å². The highest BCUT2D eigenvalue weighted by Gasteiger charge is 2.08. The van der Waals surface area contributed by atoms with Crippen LogP contribution in [0.15, 0.2) is 0 Å². The van der Waals surface area contributed by atoms with Gasteiger partial charge in [-0.1, -0.05) is 20.8 Å². The summed E-state index contributed by atoms with van der Waals surface area (Å²) in [5, 5.41) is 2.57. The lowest BCUT2D eigenvalue weighted by Crippen LogP contribution is -2.32. The highest BCUT2D eigenvalue weighted by Crippen LogP contribution is 1.92. The van der Waals surface area contributed by atoms with Gasteiger partial charge in [-0.25, -0.2) is 0 Å². The second kappa shape index (κ2) is 8.41. The molecule has 0 radical (unpaired) electrons. The van der Waals surface area contributed by atoms with Gasteiger partial charge in [-0.2, -0.15) is 0 Å². The van der Waals surface area contributed by atoms with Crippen LogP contribution in [0.4, 0.5) is 0 Å². The fourth-order valence-electron chi connectivity index (χ4n) is 0.889. The summed E-state index contributed by atoms with van der Waals surface area (Å²) in [7, 11) is 0. The van der Waals surface area contributed by atoms with Crippen molar-refractivity contribution >= 4 is 11.7 Å². The molecule has 0 aromatic heterocycles. The van der Waals surface area contributed by atoms with E-state index in [4.69, 9.17) is 4.74 Å². The Kier molecular flexibility index (Phi) is 7.91. The van der Waals surface area contributed by atoms with Crippen LogP contribution in [0, 0.1) is 5.92 Å². The van der Waals surface area contributed by atoms with Crippen LogP contribution in [0.2, 0.25) is 0 Å².